The zero-order valence-electron chi connectivity index (χ0n) is 24.0. The maximum absolute atomic E-state index is 12.9. The van der Waals surface area contributed by atoms with Gasteiger partial charge in [0.1, 0.15) is 18.1 Å². The van der Waals surface area contributed by atoms with Gasteiger partial charge in [0, 0.05) is 23.5 Å². The summed E-state index contributed by atoms with van der Waals surface area (Å²) in [4.78, 5) is 23.6. The number of thioether (sulfide) groups is 1. The molecule has 1 N–H and O–H groups in total. The van der Waals surface area contributed by atoms with Crippen molar-refractivity contribution in [3.05, 3.63) is 89.7 Å². The summed E-state index contributed by atoms with van der Waals surface area (Å²) in [6.07, 6.45) is -3.34. The molecule has 13 heteroatoms. The minimum Gasteiger partial charge on any atom is -0.406 e. The van der Waals surface area contributed by atoms with E-state index in [1.165, 1.54) is 52.6 Å². The largest absolute Gasteiger partial charge is 0.573 e. The molecule has 2 amide bonds. The molecule has 0 saturated carbocycles. The number of hydrogen-bond donors (Lipinski definition) is 1. The first-order valence-corrected chi connectivity index (χ1v) is 14.7. The number of aliphatic imine (C=N–C) groups is 1. The molecule has 226 valence electrons. The van der Waals surface area contributed by atoms with Gasteiger partial charge in [-0.3, -0.25) is 0 Å². The van der Waals surface area contributed by atoms with Crippen LogP contribution in [-0.4, -0.2) is 44.6 Å². The molecule has 44 heavy (non-hydrogen) atoms. The molecule has 4 aromatic rings. The molecule has 1 aliphatic heterocycles. The van der Waals surface area contributed by atoms with Gasteiger partial charge in [-0.2, -0.15) is 10.3 Å². The molecule has 1 aliphatic rings. The highest BCUT2D eigenvalue weighted by atomic mass is 32.2. The SMILES string of the molecule is Cc1ccc(C(C)C)c(N2CCS/C2=N\C(=O)NC(C#N)c2ccc(-c3ncn(-c4ccc(OC(F)(F)F)cc4)n3)cc2)c1. The zero-order chi connectivity index (χ0) is 31.4. The molecule has 0 radical (unpaired) electrons. The predicted molar refractivity (Wildman–Crippen MR) is 163 cm³/mol. The number of anilines is 1. The number of aromatic nitrogens is 3. The number of alkyl halides is 3. The van der Waals surface area contributed by atoms with Crippen molar-refractivity contribution in [2.45, 2.75) is 39.1 Å². The number of nitrogens with zero attached hydrogens (tertiary/aromatic N) is 6. The number of halogens is 3. The van der Waals surface area contributed by atoms with E-state index >= 15 is 0 Å². The van der Waals surface area contributed by atoms with Crippen LogP contribution >= 0.6 is 11.8 Å². The minimum atomic E-state index is -4.77. The van der Waals surface area contributed by atoms with Crippen LogP contribution in [-0.2, 0) is 0 Å². The lowest BCUT2D eigenvalue weighted by Crippen LogP contribution is -2.30. The van der Waals surface area contributed by atoms with E-state index in [2.05, 4.69) is 68.1 Å². The number of aryl methyl sites for hydroxylation is 1. The fourth-order valence-electron chi connectivity index (χ4n) is 4.67. The molecule has 1 fully saturated rings. The second-order valence-electron chi connectivity index (χ2n) is 10.3. The molecule has 1 unspecified atom stereocenters. The van der Waals surface area contributed by atoms with Crippen molar-refractivity contribution in [2.24, 2.45) is 4.99 Å². The summed E-state index contributed by atoms with van der Waals surface area (Å²) in [7, 11) is 0. The van der Waals surface area contributed by atoms with Crippen molar-refractivity contribution in [1.82, 2.24) is 20.1 Å². The summed E-state index contributed by atoms with van der Waals surface area (Å²) >= 11 is 1.50. The van der Waals surface area contributed by atoms with Crippen LogP contribution < -0.4 is 15.0 Å². The molecule has 0 aliphatic carbocycles. The summed E-state index contributed by atoms with van der Waals surface area (Å²) < 4.78 is 42.6. The molecule has 1 aromatic heterocycles. The third-order valence-corrected chi connectivity index (χ3v) is 7.76. The van der Waals surface area contributed by atoms with Crippen LogP contribution in [0.25, 0.3) is 17.1 Å². The first-order valence-electron chi connectivity index (χ1n) is 13.7. The minimum absolute atomic E-state index is 0.300. The summed E-state index contributed by atoms with van der Waals surface area (Å²) in [6, 6.07) is 18.9. The van der Waals surface area contributed by atoms with Crippen LogP contribution in [0.4, 0.5) is 23.7 Å². The number of urea groups is 1. The lowest BCUT2D eigenvalue weighted by molar-refractivity contribution is -0.274. The Bertz CT molecular complexity index is 1710. The third-order valence-electron chi connectivity index (χ3n) is 6.80. The van der Waals surface area contributed by atoms with Crippen molar-refractivity contribution >= 4 is 28.6 Å². The topological polar surface area (TPSA) is 108 Å². The van der Waals surface area contributed by atoms with Crippen LogP contribution in [0.5, 0.6) is 5.75 Å². The number of ether oxygens (including phenoxy) is 1. The Labute approximate surface area is 256 Å². The maximum atomic E-state index is 12.9. The van der Waals surface area contributed by atoms with Gasteiger partial charge in [0.15, 0.2) is 11.0 Å². The number of amidine groups is 1. The van der Waals surface area contributed by atoms with Crippen molar-refractivity contribution in [3.8, 4) is 28.9 Å². The lowest BCUT2D eigenvalue weighted by Gasteiger charge is -2.23. The Morgan fingerprint density at radius 3 is 2.50 bits per heavy atom. The zero-order valence-corrected chi connectivity index (χ0v) is 24.9. The van der Waals surface area contributed by atoms with Crippen LogP contribution in [0.1, 0.15) is 42.5 Å². The number of amides is 2. The average molecular weight is 620 g/mol. The lowest BCUT2D eigenvalue weighted by atomic mass is 9.99. The van der Waals surface area contributed by atoms with Crippen molar-refractivity contribution < 1.29 is 22.7 Å². The Hall–Kier alpha value is -4.83. The molecule has 1 saturated heterocycles. The predicted octanol–water partition coefficient (Wildman–Crippen LogP) is 7.15. The van der Waals surface area contributed by atoms with Crippen LogP contribution in [0.3, 0.4) is 0 Å². The number of rotatable bonds is 7. The molecule has 2 heterocycles. The molecule has 0 spiro atoms. The van der Waals surface area contributed by atoms with Crippen LogP contribution in [0.2, 0.25) is 0 Å². The van der Waals surface area contributed by atoms with E-state index in [0.29, 0.717) is 33.7 Å². The van der Waals surface area contributed by atoms with E-state index in [1.807, 2.05) is 6.92 Å². The van der Waals surface area contributed by atoms with E-state index in [-0.39, 0.29) is 5.75 Å². The molecule has 9 nitrogen and oxygen atoms in total. The van der Waals surface area contributed by atoms with Gasteiger partial charge < -0.3 is 15.0 Å². The van der Waals surface area contributed by atoms with Gasteiger partial charge in [-0.25, -0.2) is 14.5 Å². The molecular formula is C31H28F3N7O2S. The van der Waals surface area contributed by atoms with E-state index in [1.54, 1.807) is 24.3 Å². The first kappa shape index (κ1) is 30.6. The van der Waals surface area contributed by atoms with Crippen LogP contribution in [0, 0.1) is 18.3 Å². The Balaban J connectivity index is 1.26. The molecule has 1 atom stereocenters. The van der Waals surface area contributed by atoms with Crippen molar-refractivity contribution in [1.29, 1.82) is 5.26 Å². The molecule has 0 bridgehead atoms. The Kier molecular flexibility index (Phi) is 8.91. The van der Waals surface area contributed by atoms with Gasteiger partial charge in [0.2, 0.25) is 0 Å². The second kappa shape index (κ2) is 12.8. The highest BCUT2D eigenvalue weighted by Crippen LogP contribution is 2.33. The quantitative estimate of drug-likeness (QED) is 0.234. The first-order chi connectivity index (χ1) is 21.0. The second-order valence-corrected chi connectivity index (χ2v) is 11.4. The van der Waals surface area contributed by atoms with Gasteiger partial charge in [-0.15, -0.1) is 18.3 Å². The molecular weight excluding hydrogens is 591 g/mol. The number of hydrogen-bond acceptors (Lipinski definition) is 6. The fourth-order valence-corrected chi connectivity index (χ4v) is 5.62. The number of carbonyl (C=O) groups excluding carboxylic acids is 1. The van der Waals surface area contributed by atoms with Gasteiger partial charge in [-0.1, -0.05) is 62.0 Å². The highest BCUT2D eigenvalue weighted by molar-refractivity contribution is 8.14. The summed E-state index contributed by atoms with van der Waals surface area (Å²) in [5, 5.41) is 17.5. The number of benzene rings is 3. The average Bonchev–Trinajstić information content (AvgIpc) is 3.66. The van der Waals surface area contributed by atoms with Gasteiger partial charge in [0.05, 0.1) is 11.8 Å². The summed E-state index contributed by atoms with van der Waals surface area (Å²) in [5.41, 5.74) is 5.02. The van der Waals surface area contributed by atoms with E-state index < -0.39 is 18.4 Å². The third kappa shape index (κ3) is 7.20. The number of carbonyl (C=O) groups is 1. The molecule has 5 rings (SSSR count). The fraction of sp³-hybridized carbons (Fsp3) is 0.258. The van der Waals surface area contributed by atoms with E-state index in [4.69, 9.17) is 0 Å². The van der Waals surface area contributed by atoms with Gasteiger partial charge >= 0.3 is 12.4 Å². The van der Waals surface area contributed by atoms with Crippen molar-refractivity contribution in [3.63, 3.8) is 0 Å². The summed E-state index contributed by atoms with van der Waals surface area (Å²) in [6.45, 7) is 7.02. The Morgan fingerprint density at radius 2 is 1.84 bits per heavy atom. The van der Waals surface area contributed by atoms with E-state index in [0.717, 1.165) is 23.5 Å². The number of nitriles is 1. The van der Waals surface area contributed by atoms with Crippen LogP contribution in [0.15, 0.2) is 78.0 Å². The Morgan fingerprint density at radius 1 is 1.11 bits per heavy atom. The maximum Gasteiger partial charge on any atom is 0.573 e. The van der Waals surface area contributed by atoms with Gasteiger partial charge in [0.25, 0.3) is 0 Å². The van der Waals surface area contributed by atoms with Gasteiger partial charge in [-0.05, 0) is 59.9 Å². The summed E-state index contributed by atoms with van der Waals surface area (Å²) in [5.74, 6) is 1.12. The highest BCUT2D eigenvalue weighted by Gasteiger charge is 2.31. The van der Waals surface area contributed by atoms with Crippen molar-refractivity contribution in [2.75, 3.05) is 17.2 Å². The monoisotopic (exact) mass is 619 g/mol. The molecule has 3 aromatic carbocycles. The smallest absolute Gasteiger partial charge is 0.406 e. The normalized spacial score (nSPS) is 15.0. The van der Waals surface area contributed by atoms with E-state index in [9.17, 15) is 23.2 Å². The number of nitrogens with one attached hydrogen (secondary N) is 1. The standard InChI is InChI=1S/C31H28F3N7O2S/c1-19(2)25-13-4-20(3)16-27(25)40-14-15-44-30(40)38-29(42)37-26(17-35)21-5-7-22(8-6-21)28-36-18-41(39-28)23-9-11-24(12-10-23)43-31(32,33)34/h4-13,16,18-19,26H,14-15H2,1-3H3,(H,37,42)/b38-30-.